The summed E-state index contributed by atoms with van der Waals surface area (Å²) >= 11 is 0. The number of amides is 1. The zero-order valence-corrected chi connectivity index (χ0v) is 15.3. The molecule has 1 aromatic heterocycles. The Balaban J connectivity index is 1.33. The zero-order valence-electron chi connectivity index (χ0n) is 15.3. The summed E-state index contributed by atoms with van der Waals surface area (Å²) in [6.45, 7) is 0. The molecule has 5 heteroatoms. The quantitative estimate of drug-likeness (QED) is 0.818. The van der Waals surface area contributed by atoms with Gasteiger partial charge in [0.1, 0.15) is 11.9 Å². The number of hydrogen-bond donors (Lipinski definition) is 0. The van der Waals surface area contributed by atoms with Gasteiger partial charge in [0.25, 0.3) is 0 Å². The Labute approximate surface area is 159 Å². The van der Waals surface area contributed by atoms with Gasteiger partial charge in [-0.25, -0.2) is 0 Å². The van der Waals surface area contributed by atoms with Crippen molar-refractivity contribution in [1.29, 1.82) is 5.26 Å². The SMILES string of the molecule is N#Cc1ccc(CCC(=O)N2C3CCC2CC(Oc2ccncc2)C3)cc1. The smallest absolute Gasteiger partial charge is 0.223 e. The van der Waals surface area contributed by atoms with Crippen LogP contribution in [0.15, 0.2) is 48.8 Å². The Morgan fingerprint density at radius 2 is 1.78 bits per heavy atom. The lowest BCUT2D eigenvalue weighted by molar-refractivity contribution is -0.137. The Hall–Kier alpha value is -2.87. The lowest BCUT2D eigenvalue weighted by atomic mass is 9.98. The molecule has 0 saturated carbocycles. The molecule has 2 aliphatic rings. The zero-order chi connectivity index (χ0) is 18.6. The predicted octanol–water partition coefficient (Wildman–Crippen LogP) is 3.49. The van der Waals surface area contributed by atoms with Crippen LogP contribution in [-0.2, 0) is 11.2 Å². The fraction of sp³-hybridized carbons (Fsp3) is 0.409. The van der Waals surface area contributed by atoms with Crippen LogP contribution in [0.2, 0.25) is 0 Å². The highest BCUT2D eigenvalue weighted by Gasteiger charge is 2.43. The van der Waals surface area contributed by atoms with Gasteiger partial charge in [0.15, 0.2) is 0 Å². The van der Waals surface area contributed by atoms with Crippen LogP contribution in [-0.4, -0.2) is 34.0 Å². The van der Waals surface area contributed by atoms with Crippen LogP contribution in [0.1, 0.15) is 43.2 Å². The van der Waals surface area contributed by atoms with E-state index in [2.05, 4.69) is 16.0 Å². The summed E-state index contributed by atoms with van der Waals surface area (Å²) in [6.07, 6.45) is 8.85. The fourth-order valence-corrected chi connectivity index (χ4v) is 4.37. The number of ether oxygens (including phenoxy) is 1. The van der Waals surface area contributed by atoms with Gasteiger partial charge in [-0.15, -0.1) is 0 Å². The van der Waals surface area contributed by atoms with Crippen molar-refractivity contribution in [3.8, 4) is 11.8 Å². The first-order valence-corrected chi connectivity index (χ1v) is 9.60. The fourth-order valence-electron chi connectivity index (χ4n) is 4.37. The first kappa shape index (κ1) is 17.5. The highest BCUT2D eigenvalue weighted by molar-refractivity contribution is 5.77. The summed E-state index contributed by atoms with van der Waals surface area (Å²) in [5, 5.41) is 8.87. The van der Waals surface area contributed by atoms with Crippen molar-refractivity contribution in [3.63, 3.8) is 0 Å². The number of aryl methyl sites for hydroxylation is 1. The third kappa shape index (κ3) is 3.95. The monoisotopic (exact) mass is 361 g/mol. The number of benzene rings is 1. The second kappa shape index (κ2) is 7.79. The van der Waals surface area contributed by atoms with Crippen molar-refractivity contribution >= 4 is 5.91 Å². The number of rotatable bonds is 5. The van der Waals surface area contributed by atoms with E-state index in [0.29, 0.717) is 24.1 Å². The molecule has 2 aromatic rings. The molecule has 2 fully saturated rings. The average Bonchev–Trinajstić information content (AvgIpc) is 2.98. The molecule has 138 valence electrons. The van der Waals surface area contributed by atoms with Crippen molar-refractivity contribution in [2.24, 2.45) is 0 Å². The standard InChI is InChI=1S/C22H23N3O2/c23-15-17-3-1-16(2-4-17)5-8-22(26)25-18-6-7-19(25)14-21(13-18)27-20-9-11-24-12-10-20/h1-4,9-12,18-19,21H,5-8,13-14H2. The highest BCUT2D eigenvalue weighted by atomic mass is 16.5. The summed E-state index contributed by atoms with van der Waals surface area (Å²) < 4.78 is 6.11. The molecule has 2 aliphatic heterocycles. The van der Waals surface area contributed by atoms with Gasteiger partial charge >= 0.3 is 0 Å². The van der Waals surface area contributed by atoms with E-state index in [4.69, 9.17) is 10.00 Å². The highest BCUT2D eigenvalue weighted by Crippen LogP contribution is 2.37. The predicted molar refractivity (Wildman–Crippen MR) is 101 cm³/mol. The maximum absolute atomic E-state index is 12.8. The van der Waals surface area contributed by atoms with Gasteiger partial charge in [0.05, 0.1) is 11.6 Å². The number of carbonyl (C=O) groups is 1. The molecular formula is C22H23N3O2. The second-order valence-corrected chi connectivity index (χ2v) is 7.39. The van der Waals surface area contributed by atoms with Crippen LogP contribution >= 0.6 is 0 Å². The van der Waals surface area contributed by atoms with Crippen molar-refractivity contribution in [2.75, 3.05) is 0 Å². The van der Waals surface area contributed by atoms with Crippen LogP contribution < -0.4 is 4.74 Å². The summed E-state index contributed by atoms with van der Waals surface area (Å²) in [5.41, 5.74) is 1.75. The van der Waals surface area contributed by atoms with Crippen molar-refractivity contribution in [3.05, 3.63) is 59.9 Å². The number of nitrogens with zero attached hydrogens (tertiary/aromatic N) is 3. The number of nitriles is 1. The molecule has 0 spiro atoms. The van der Waals surface area contributed by atoms with E-state index in [-0.39, 0.29) is 12.0 Å². The third-order valence-corrected chi connectivity index (χ3v) is 5.64. The maximum Gasteiger partial charge on any atom is 0.223 e. The van der Waals surface area contributed by atoms with Gasteiger partial charge in [0.2, 0.25) is 5.91 Å². The first-order chi connectivity index (χ1) is 13.2. The van der Waals surface area contributed by atoms with E-state index in [0.717, 1.165) is 43.4 Å². The molecule has 1 aromatic carbocycles. The van der Waals surface area contributed by atoms with Crippen LogP contribution in [0, 0.1) is 11.3 Å². The molecule has 2 bridgehead atoms. The Morgan fingerprint density at radius 1 is 1.11 bits per heavy atom. The van der Waals surface area contributed by atoms with Gasteiger partial charge < -0.3 is 9.64 Å². The maximum atomic E-state index is 12.8. The van der Waals surface area contributed by atoms with Crippen LogP contribution in [0.4, 0.5) is 0 Å². The molecule has 0 radical (unpaired) electrons. The molecule has 2 atom stereocenters. The molecule has 3 heterocycles. The Kier molecular flexibility index (Phi) is 5.06. The average molecular weight is 361 g/mol. The van der Waals surface area contributed by atoms with Crippen molar-refractivity contribution in [2.45, 2.75) is 56.7 Å². The summed E-state index contributed by atoms with van der Waals surface area (Å²) in [5.74, 6) is 1.10. The van der Waals surface area contributed by atoms with E-state index in [9.17, 15) is 4.79 Å². The van der Waals surface area contributed by atoms with E-state index in [1.165, 1.54) is 0 Å². The molecule has 2 saturated heterocycles. The van der Waals surface area contributed by atoms with E-state index in [1.54, 1.807) is 12.4 Å². The number of pyridine rings is 1. The minimum absolute atomic E-state index is 0.174. The Morgan fingerprint density at radius 3 is 2.41 bits per heavy atom. The number of aromatic nitrogens is 1. The molecule has 4 rings (SSSR count). The third-order valence-electron chi connectivity index (χ3n) is 5.64. The van der Waals surface area contributed by atoms with E-state index >= 15 is 0 Å². The van der Waals surface area contributed by atoms with Gasteiger partial charge in [-0.1, -0.05) is 12.1 Å². The van der Waals surface area contributed by atoms with E-state index < -0.39 is 0 Å². The summed E-state index contributed by atoms with van der Waals surface area (Å²) in [6, 6.07) is 14.0. The second-order valence-electron chi connectivity index (χ2n) is 7.39. The molecule has 27 heavy (non-hydrogen) atoms. The lowest BCUT2D eigenvalue weighted by Gasteiger charge is -2.39. The number of carbonyl (C=O) groups excluding carboxylic acids is 1. The van der Waals surface area contributed by atoms with Crippen LogP contribution in [0.5, 0.6) is 5.75 Å². The van der Waals surface area contributed by atoms with Gasteiger partial charge in [0, 0.05) is 43.7 Å². The molecular weight excluding hydrogens is 338 g/mol. The molecule has 0 N–H and O–H groups in total. The molecule has 5 nitrogen and oxygen atoms in total. The topological polar surface area (TPSA) is 66.2 Å². The van der Waals surface area contributed by atoms with Crippen LogP contribution in [0.25, 0.3) is 0 Å². The first-order valence-electron chi connectivity index (χ1n) is 9.60. The number of fused-ring (bicyclic) bond motifs is 2. The summed E-state index contributed by atoms with van der Waals surface area (Å²) in [7, 11) is 0. The van der Waals surface area contributed by atoms with Crippen LogP contribution in [0.3, 0.4) is 0 Å². The van der Waals surface area contributed by atoms with E-state index in [1.807, 2.05) is 36.4 Å². The van der Waals surface area contributed by atoms with Crippen molar-refractivity contribution < 1.29 is 9.53 Å². The number of hydrogen-bond acceptors (Lipinski definition) is 4. The normalized spacial score (nSPS) is 23.7. The minimum atomic E-state index is 0.174. The van der Waals surface area contributed by atoms with Gasteiger partial charge in [-0.3, -0.25) is 9.78 Å². The minimum Gasteiger partial charge on any atom is -0.490 e. The largest absolute Gasteiger partial charge is 0.490 e. The van der Waals surface area contributed by atoms with Gasteiger partial charge in [-0.2, -0.15) is 5.26 Å². The summed E-state index contributed by atoms with van der Waals surface area (Å²) in [4.78, 5) is 19.0. The number of piperidine rings is 1. The molecule has 1 amide bonds. The molecule has 2 unspecified atom stereocenters. The lowest BCUT2D eigenvalue weighted by Crippen LogP contribution is -2.49. The van der Waals surface area contributed by atoms with Crippen molar-refractivity contribution in [1.82, 2.24) is 9.88 Å². The van der Waals surface area contributed by atoms with Gasteiger partial charge in [-0.05, 0) is 49.1 Å². The Bertz CT molecular complexity index is 815. The molecule has 0 aliphatic carbocycles.